The van der Waals surface area contributed by atoms with Gasteiger partial charge in [0.2, 0.25) is 0 Å². The van der Waals surface area contributed by atoms with Crippen molar-refractivity contribution in [3.8, 4) is 0 Å². The molecular formula is C20H29N3O2. The van der Waals surface area contributed by atoms with E-state index in [1.54, 1.807) is 0 Å². The van der Waals surface area contributed by atoms with Crippen molar-refractivity contribution < 1.29 is 9.90 Å². The summed E-state index contributed by atoms with van der Waals surface area (Å²) in [7, 11) is 0. The van der Waals surface area contributed by atoms with Gasteiger partial charge in [0.25, 0.3) is 5.91 Å². The molecule has 0 saturated carbocycles. The number of hydrogen-bond acceptors (Lipinski definition) is 3. The minimum Gasteiger partial charge on any atom is -0.388 e. The van der Waals surface area contributed by atoms with Crippen molar-refractivity contribution in [2.75, 3.05) is 0 Å². The average Bonchev–Trinajstić information content (AvgIpc) is 2.99. The molecule has 1 heterocycles. The number of rotatable bonds is 8. The van der Waals surface area contributed by atoms with Crippen LogP contribution in [0, 0.1) is 6.92 Å². The molecule has 0 aliphatic carbocycles. The summed E-state index contributed by atoms with van der Waals surface area (Å²) in [5.74, 6) is -0.194. The van der Waals surface area contributed by atoms with Crippen molar-refractivity contribution in [3.63, 3.8) is 0 Å². The summed E-state index contributed by atoms with van der Waals surface area (Å²) >= 11 is 0. The number of carbonyl (C=O) groups is 1. The van der Waals surface area contributed by atoms with E-state index in [4.69, 9.17) is 0 Å². The molecule has 0 saturated heterocycles. The Bertz CT molecular complexity index is 678. The Labute approximate surface area is 150 Å². The monoisotopic (exact) mass is 343 g/mol. The Hall–Kier alpha value is -2.14. The van der Waals surface area contributed by atoms with E-state index >= 15 is 0 Å². The summed E-state index contributed by atoms with van der Waals surface area (Å²) in [6, 6.07) is 11.5. The van der Waals surface area contributed by atoms with Crippen LogP contribution in [0.2, 0.25) is 0 Å². The van der Waals surface area contributed by atoms with E-state index in [-0.39, 0.29) is 11.9 Å². The van der Waals surface area contributed by atoms with Gasteiger partial charge < -0.3 is 10.4 Å². The van der Waals surface area contributed by atoms with Crippen molar-refractivity contribution in [2.24, 2.45) is 0 Å². The number of hydrogen-bond donors (Lipinski definition) is 2. The minimum absolute atomic E-state index is 0.152. The Morgan fingerprint density at radius 3 is 2.48 bits per heavy atom. The topological polar surface area (TPSA) is 67.2 Å². The minimum atomic E-state index is -0.597. The molecule has 1 amide bonds. The van der Waals surface area contributed by atoms with Gasteiger partial charge in [0.1, 0.15) is 5.69 Å². The predicted molar refractivity (Wildman–Crippen MR) is 99.5 cm³/mol. The maximum absolute atomic E-state index is 12.5. The van der Waals surface area contributed by atoms with Crippen molar-refractivity contribution in [2.45, 2.75) is 65.1 Å². The smallest absolute Gasteiger partial charge is 0.271 e. The summed E-state index contributed by atoms with van der Waals surface area (Å²) in [6.45, 7) is 8.13. The first-order chi connectivity index (χ1) is 12.0. The highest BCUT2D eigenvalue weighted by atomic mass is 16.3. The van der Waals surface area contributed by atoms with E-state index in [0.717, 1.165) is 24.1 Å². The fourth-order valence-corrected chi connectivity index (χ4v) is 3.11. The first-order valence-electron chi connectivity index (χ1n) is 9.06. The number of nitrogens with one attached hydrogen (secondary N) is 1. The van der Waals surface area contributed by atoms with E-state index in [2.05, 4.69) is 24.3 Å². The molecule has 1 aromatic heterocycles. The highest BCUT2D eigenvalue weighted by Gasteiger charge is 2.19. The average molecular weight is 343 g/mol. The van der Waals surface area contributed by atoms with Crippen LogP contribution in [0.15, 0.2) is 36.4 Å². The molecule has 0 spiro atoms. The molecule has 5 heteroatoms. The Morgan fingerprint density at radius 2 is 1.88 bits per heavy atom. The third-order valence-corrected chi connectivity index (χ3v) is 4.58. The molecule has 5 nitrogen and oxygen atoms in total. The van der Waals surface area contributed by atoms with Gasteiger partial charge >= 0.3 is 0 Å². The molecule has 2 unspecified atom stereocenters. The largest absolute Gasteiger partial charge is 0.388 e. The molecule has 136 valence electrons. The van der Waals surface area contributed by atoms with Gasteiger partial charge in [0, 0.05) is 11.7 Å². The fraction of sp³-hybridized carbons (Fsp3) is 0.500. The van der Waals surface area contributed by atoms with Gasteiger partial charge in [-0.1, -0.05) is 44.2 Å². The highest BCUT2D eigenvalue weighted by molar-refractivity contribution is 5.92. The molecule has 2 atom stereocenters. The molecule has 2 rings (SSSR count). The zero-order valence-electron chi connectivity index (χ0n) is 15.6. The SMILES string of the molecule is CCC(CC)n1nc(C(=O)NC(C)CC(O)c2ccccc2)cc1C. The number of amides is 1. The van der Waals surface area contributed by atoms with Gasteiger partial charge in [-0.2, -0.15) is 5.10 Å². The van der Waals surface area contributed by atoms with Gasteiger partial charge in [-0.3, -0.25) is 9.48 Å². The van der Waals surface area contributed by atoms with Crippen LogP contribution < -0.4 is 5.32 Å². The molecule has 0 radical (unpaired) electrons. The number of aliphatic hydroxyl groups is 1. The number of aromatic nitrogens is 2. The molecule has 0 fully saturated rings. The Balaban J connectivity index is 1.98. The van der Waals surface area contributed by atoms with Gasteiger partial charge in [0.15, 0.2) is 0 Å². The van der Waals surface area contributed by atoms with Crippen molar-refractivity contribution in [1.82, 2.24) is 15.1 Å². The van der Waals surface area contributed by atoms with Gasteiger partial charge in [-0.25, -0.2) is 0 Å². The second-order valence-electron chi connectivity index (χ2n) is 6.62. The molecular weight excluding hydrogens is 314 g/mol. The van der Waals surface area contributed by atoms with Crippen molar-refractivity contribution in [3.05, 3.63) is 53.3 Å². The molecule has 0 aliphatic heterocycles. The lowest BCUT2D eigenvalue weighted by atomic mass is 10.0. The Morgan fingerprint density at radius 1 is 1.24 bits per heavy atom. The number of aliphatic hydroxyl groups excluding tert-OH is 1. The van der Waals surface area contributed by atoms with E-state index in [1.165, 1.54) is 0 Å². The molecule has 2 N–H and O–H groups in total. The van der Waals surface area contributed by atoms with Crippen molar-refractivity contribution in [1.29, 1.82) is 0 Å². The lowest BCUT2D eigenvalue weighted by molar-refractivity contribution is 0.0910. The van der Waals surface area contributed by atoms with Crippen LogP contribution in [0.1, 0.15) is 73.9 Å². The van der Waals surface area contributed by atoms with E-state index in [9.17, 15) is 9.90 Å². The maximum atomic E-state index is 12.5. The molecule has 0 bridgehead atoms. The predicted octanol–water partition coefficient (Wildman–Crippen LogP) is 3.79. The van der Waals surface area contributed by atoms with Crippen LogP contribution in [0.5, 0.6) is 0 Å². The third-order valence-electron chi connectivity index (χ3n) is 4.58. The summed E-state index contributed by atoms with van der Waals surface area (Å²) in [5, 5.41) is 17.7. The summed E-state index contributed by atoms with van der Waals surface area (Å²) < 4.78 is 1.94. The summed E-state index contributed by atoms with van der Waals surface area (Å²) in [5.41, 5.74) is 2.29. The first-order valence-corrected chi connectivity index (χ1v) is 9.06. The normalized spacial score (nSPS) is 13.7. The molecule has 0 aliphatic rings. The van der Waals surface area contributed by atoms with E-state index in [1.807, 2.05) is 54.9 Å². The van der Waals surface area contributed by atoms with Gasteiger partial charge in [-0.15, -0.1) is 0 Å². The first kappa shape index (κ1) is 19.2. The van der Waals surface area contributed by atoms with Crippen LogP contribution in [0.25, 0.3) is 0 Å². The maximum Gasteiger partial charge on any atom is 0.271 e. The Kier molecular flexibility index (Phi) is 6.76. The zero-order valence-corrected chi connectivity index (χ0v) is 15.6. The lowest BCUT2D eigenvalue weighted by Gasteiger charge is -2.18. The summed E-state index contributed by atoms with van der Waals surface area (Å²) in [4.78, 5) is 12.5. The third kappa shape index (κ3) is 4.92. The number of benzene rings is 1. The summed E-state index contributed by atoms with van der Waals surface area (Å²) in [6.07, 6.45) is 1.84. The molecule has 2 aromatic rings. The molecule has 25 heavy (non-hydrogen) atoms. The standard InChI is InChI=1S/C20H29N3O2/c1-5-17(6-2)23-15(4)13-18(22-23)20(25)21-14(3)12-19(24)16-10-8-7-9-11-16/h7-11,13-14,17,19,24H,5-6,12H2,1-4H3,(H,21,25). The van der Waals surface area contributed by atoms with E-state index in [0.29, 0.717) is 18.2 Å². The highest BCUT2D eigenvalue weighted by Crippen LogP contribution is 2.19. The van der Waals surface area contributed by atoms with Crippen molar-refractivity contribution >= 4 is 5.91 Å². The quantitative estimate of drug-likeness (QED) is 0.766. The van der Waals surface area contributed by atoms with Crippen LogP contribution in [0.3, 0.4) is 0 Å². The second kappa shape index (κ2) is 8.81. The fourth-order valence-electron chi connectivity index (χ4n) is 3.11. The van der Waals surface area contributed by atoms with Gasteiger partial charge in [-0.05, 0) is 44.7 Å². The van der Waals surface area contributed by atoms with Crippen LogP contribution in [-0.2, 0) is 0 Å². The van der Waals surface area contributed by atoms with Gasteiger partial charge in [0.05, 0.1) is 12.1 Å². The van der Waals surface area contributed by atoms with E-state index < -0.39 is 6.10 Å². The second-order valence-corrected chi connectivity index (χ2v) is 6.62. The van der Waals surface area contributed by atoms with Crippen LogP contribution >= 0.6 is 0 Å². The zero-order chi connectivity index (χ0) is 18.4. The molecule has 1 aromatic carbocycles. The number of carbonyl (C=O) groups excluding carboxylic acids is 1. The van der Waals surface area contributed by atoms with Crippen LogP contribution in [-0.4, -0.2) is 26.8 Å². The number of nitrogens with zero attached hydrogens (tertiary/aromatic N) is 2. The van der Waals surface area contributed by atoms with Crippen LogP contribution in [0.4, 0.5) is 0 Å². The lowest BCUT2D eigenvalue weighted by Crippen LogP contribution is -2.34. The number of aryl methyl sites for hydroxylation is 1.